The lowest BCUT2D eigenvalue weighted by atomic mass is 10.0. The third-order valence-electron chi connectivity index (χ3n) is 1.72. The normalized spacial score (nSPS) is 18.9. The van der Waals surface area contributed by atoms with Gasteiger partial charge in [0.25, 0.3) is 0 Å². The molecule has 54 valence electrons. The van der Waals surface area contributed by atoms with Crippen LogP contribution in [-0.4, -0.2) is 13.2 Å². The average molecular weight is 175 g/mol. The minimum absolute atomic E-state index is 0.568. The van der Waals surface area contributed by atoms with Crippen molar-refractivity contribution in [3.05, 3.63) is 21.3 Å². The van der Waals surface area contributed by atoms with Crippen LogP contribution in [0.5, 0.6) is 0 Å². The number of rotatable bonds is 1. The van der Waals surface area contributed by atoms with Crippen molar-refractivity contribution in [1.29, 1.82) is 0 Å². The Labute approximate surface area is 68.6 Å². The summed E-state index contributed by atoms with van der Waals surface area (Å²) in [5.74, 6) is 0.568. The second kappa shape index (κ2) is 2.53. The predicted molar refractivity (Wildman–Crippen MR) is 42.9 cm³/mol. The molecule has 0 bridgehead atoms. The maximum Gasteiger partial charge on any atom is 0.0964 e. The quantitative estimate of drug-likeness (QED) is 0.636. The third kappa shape index (κ3) is 0.965. The molecule has 0 radical (unpaired) electrons. The van der Waals surface area contributed by atoms with Crippen LogP contribution in [-0.2, 0) is 4.74 Å². The van der Waals surface area contributed by atoms with E-state index in [-0.39, 0.29) is 0 Å². The number of thiophene rings is 1. The molecule has 0 atom stereocenters. The van der Waals surface area contributed by atoms with Crippen LogP contribution in [0, 0.1) is 0 Å². The number of hydrogen-bond acceptors (Lipinski definition) is 2. The summed E-state index contributed by atoms with van der Waals surface area (Å²) in [5.41, 5.74) is 1.26. The van der Waals surface area contributed by atoms with Crippen LogP contribution in [0.25, 0.3) is 0 Å². The highest BCUT2D eigenvalue weighted by Gasteiger charge is 2.22. The van der Waals surface area contributed by atoms with E-state index in [0.29, 0.717) is 5.92 Å². The zero-order valence-electron chi connectivity index (χ0n) is 5.34. The first-order chi connectivity index (χ1) is 4.88. The van der Waals surface area contributed by atoms with Gasteiger partial charge in [-0.1, -0.05) is 11.6 Å². The van der Waals surface area contributed by atoms with E-state index in [1.807, 2.05) is 5.38 Å². The van der Waals surface area contributed by atoms with E-state index in [1.54, 1.807) is 11.3 Å². The van der Waals surface area contributed by atoms with Crippen molar-refractivity contribution in [3.63, 3.8) is 0 Å². The summed E-state index contributed by atoms with van der Waals surface area (Å²) in [6.07, 6.45) is 0. The SMILES string of the molecule is Clc1sccc1C1COC1. The van der Waals surface area contributed by atoms with E-state index in [1.165, 1.54) is 5.56 Å². The van der Waals surface area contributed by atoms with Crippen LogP contribution in [0.15, 0.2) is 11.4 Å². The highest BCUT2D eigenvalue weighted by Crippen LogP contribution is 2.33. The molecule has 0 aliphatic carbocycles. The van der Waals surface area contributed by atoms with Crippen molar-refractivity contribution in [3.8, 4) is 0 Å². The Kier molecular flexibility index (Phi) is 1.68. The molecule has 3 heteroatoms. The summed E-state index contributed by atoms with van der Waals surface area (Å²) in [6.45, 7) is 1.69. The molecule has 0 unspecified atom stereocenters. The molecule has 0 amide bonds. The first kappa shape index (κ1) is 6.65. The third-order valence-corrected chi connectivity index (χ3v) is 2.92. The van der Waals surface area contributed by atoms with Gasteiger partial charge >= 0.3 is 0 Å². The fraction of sp³-hybridized carbons (Fsp3) is 0.429. The molecule has 0 saturated carbocycles. The molecule has 1 nitrogen and oxygen atoms in total. The molecule has 1 aromatic heterocycles. The van der Waals surface area contributed by atoms with E-state index >= 15 is 0 Å². The van der Waals surface area contributed by atoms with Crippen LogP contribution < -0.4 is 0 Å². The van der Waals surface area contributed by atoms with Gasteiger partial charge in [-0.15, -0.1) is 11.3 Å². The number of halogens is 1. The monoisotopic (exact) mass is 174 g/mol. The molecule has 1 saturated heterocycles. The maximum absolute atomic E-state index is 5.91. The van der Waals surface area contributed by atoms with Crippen LogP contribution in [0.3, 0.4) is 0 Å². The molecule has 1 aliphatic rings. The van der Waals surface area contributed by atoms with Crippen molar-refractivity contribution in [1.82, 2.24) is 0 Å². The summed E-state index contributed by atoms with van der Waals surface area (Å²) in [5, 5.41) is 2.02. The molecule has 1 aromatic rings. The molecule has 0 aromatic carbocycles. The Hall–Kier alpha value is -0.0500. The van der Waals surface area contributed by atoms with Gasteiger partial charge in [-0.05, 0) is 17.0 Å². The second-order valence-electron chi connectivity index (χ2n) is 2.38. The van der Waals surface area contributed by atoms with Crippen LogP contribution in [0.4, 0.5) is 0 Å². The number of hydrogen-bond donors (Lipinski definition) is 0. The zero-order valence-corrected chi connectivity index (χ0v) is 6.91. The molecule has 10 heavy (non-hydrogen) atoms. The van der Waals surface area contributed by atoms with Crippen LogP contribution in [0.1, 0.15) is 11.5 Å². The molecule has 1 fully saturated rings. The molecule has 0 spiro atoms. The highest BCUT2D eigenvalue weighted by molar-refractivity contribution is 7.14. The van der Waals surface area contributed by atoms with Gasteiger partial charge in [0.15, 0.2) is 0 Å². The van der Waals surface area contributed by atoms with E-state index < -0.39 is 0 Å². The molecule has 2 rings (SSSR count). The van der Waals surface area contributed by atoms with Gasteiger partial charge in [-0.3, -0.25) is 0 Å². The standard InChI is InChI=1S/C7H7ClOS/c8-7-6(1-2-10-7)5-3-9-4-5/h1-2,5H,3-4H2. The van der Waals surface area contributed by atoms with Gasteiger partial charge < -0.3 is 4.74 Å². The minimum atomic E-state index is 0.568. The second-order valence-corrected chi connectivity index (χ2v) is 3.90. The van der Waals surface area contributed by atoms with Gasteiger partial charge in [-0.2, -0.15) is 0 Å². The fourth-order valence-electron chi connectivity index (χ4n) is 1.01. The lowest BCUT2D eigenvalue weighted by Gasteiger charge is -2.25. The summed E-state index contributed by atoms with van der Waals surface area (Å²) < 4.78 is 5.98. The largest absolute Gasteiger partial charge is 0.380 e. The van der Waals surface area contributed by atoms with Crippen molar-refractivity contribution in [2.75, 3.05) is 13.2 Å². The summed E-state index contributed by atoms with van der Waals surface area (Å²) in [4.78, 5) is 0. The van der Waals surface area contributed by atoms with E-state index in [4.69, 9.17) is 16.3 Å². The molecular formula is C7H7ClOS. The maximum atomic E-state index is 5.91. The Balaban J connectivity index is 2.23. The van der Waals surface area contributed by atoms with Crippen molar-refractivity contribution in [2.45, 2.75) is 5.92 Å². The van der Waals surface area contributed by atoms with E-state index in [2.05, 4.69) is 6.07 Å². The van der Waals surface area contributed by atoms with Crippen LogP contribution in [0.2, 0.25) is 4.34 Å². The first-order valence-corrected chi connectivity index (χ1v) is 4.44. The van der Waals surface area contributed by atoms with Gasteiger partial charge in [-0.25, -0.2) is 0 Å². The van der Waals surface area contributed by atoms with E-state index in [9.17, 15) is 0 Å². The lowest BCUT2D eigenvalue weighted by molar-refractivity contribution is 0.00862. The Bertz CT molecular complexity index is 229. The van der Waals surface area contributed by atoms with Crippen molar-refractivity contribution >= 4 is 22.9 Å². The smallest absolute Gasteiger partial charge is 0.0964 e. The van der Waals surface area contributed by atoms with Gasteiger partial charge in [0.2, 0.25) is 0 Å². The summed E-state index contributed by atoms with van der Waals surface area (Å²) in [6, 6.07) is 2.08. The highest BCUT2D eigenvalue weighted by atomic mass is 35.5. The topological polar surface area (TPSA) is 9.23 Å². The zero-order chi connectivity index (χ0) is 6.97. The summed E-state index contributed by atoms with van der Waals surface area (Å²) >= 11 is 7.50. The first-order valence-electron chi connectivity index (χ1n) is 3.18. The van der Waals surface area contributed by atoms with Gasteiger partial charge in [0.05, 0.1) is 17.6 Å². The van der Waals surface area contributed by atoms with Crippen molar-refractivity contribution in [2.24, 2.45) is 0 Å². The Morgan fingerprint density at radius 3 is 2.80 bits per heavy atom. The lowest BCUT2D eigenvalue weighted by Crippen LogP contribution is -2.24. The van der Waals surface area contributed by atoms with Crippen molar-refractivity contribution < 1.29 is 4.74 Å². The van der Waals surface area contributed by atoms with Gasteiger partial charge in [0, 0.05) is 5.92 Å². The average Bonchev–Trinajstić information content (AvgIpc) is 2.12. The minimum Gasteiger partial charge on any atom is -0.380 e. The molecule has 2 heterocycles. The van der Waals surface area contributed by atoms with Crippen LogP contribution >= 0.6 is 22.9 Å². The molecular weight excluding hydrogens is 168 g/mol. The molecule has 0 N–H and O–H groups in total. The Morgan fingerprint density at radius 1 is 1.60 bits per heavy atom. The molecule has 1 aliphatic heterocycles. The van der Waals surface area contributed by atoms with E-state index in [0.717, 1.165) is 17.6 Å². The number of ether oxygens (including phenoxy) is 1. The van der Waals surface area contributed by atoms with Gasteiger partial charge in [0.1, 0.15) is 0 Å². The summed E-state index contributed by atoms with van der Waals surface area (Å²) in [7, 11) is 0. The fourth-order valence-corrected chi connectivity index (χ4v) is 2.09. The predicted octanol–water partition coefficient (Wildman–Crippen LogP) is 2.52. The Morgan fingerprint density at radius 2 is 2.40 bits per heavy atom.